The van der Waals surface area contributed by atoms with Crippen molar-refractivity contribution in [3.05, 3.63) is 128 Å². The van der Waals surface area contributed by atoms with Crippen LogP contribution < -0.4 is 9.62 Å². The second-order valence-corrected chi connectivity index (χ2v) is 14.4. The summed E-state index contributed by atoms with van der Waals surface area (Å²) in [6, 6.07) is 24.2. The van der Waals surface area contributed by atoms with Crippen molar-refractivity contribution in [1.82, 2.24) is 10.2 Å². The average molecular weight is 701 g/mol. The Morgan fingerprint density at radius 1 is 0.804 bits per heavy atom. The lowest BCUT2D eigenvalue weighted by Crippen LogP contribution is -2.54. The molecule has 0 aliphatic heterocycles. The summed E-state index contributed by atoms with van der Waals surface area (Å²) in [6.45, 7) is 6.53. The molecule has 0 saturated carbocycles. The van der Waals surface area contributed by atoms with Gasteiger partial charge in [-0.15, -0.1) is 0 Å². The van der Waals surface area contributed by atoms with Crippen LogP contribution in [0.15, 0.2) is 95.9 Å². The molecule has 0 bridgehead atoms. The minimum Gasteiger partial charge on any atom is -0.352 e. The van der Waals surface area contributed by atoms with Gasteiger partial charge in [0.05, 0.1) is 10.6 Å². The molecule has 0 unspecified atom stereocenters. The number of amides is 2. The lowest BCUT2D eigenvalue weighted by atomic mass is 10.0. The van der Waals surface area contributed by atoms with E-state index in [9.17, 15) is 18.0 Å². The number of benzene rings is 4. The van der Waals surface area contributed by atoms with Crippen LogP contribution in [0.3, 0.4) is 0 Å². The van der Waals surface area contributed by atoms with Crippen LogP contribution in [0, 0.1) is 13.8 Å². The van der Waals surface area contributed by atoms with E-state index in [0.717, 1.165) is 21.0 Å². The Kier molecular flexibility index (Phi) is 11.8. The van der Waals surface area contributed by atoms with E-state index in [2.05, 4.69) is 5.32 Å². The number of aryl methyl sites for hydroxylation is 2. The van der Waals surface area contributed by atoms with Crippen molar-refractivity contribution in [2.75, 3.05) is 10.8 Å². The highest BCUT2D eigenvalue weighted by Gasteiger charge is 2.35. The summed E-state index contributed by atoms with van der Waals surface area (Å²) in [5, 5.41) is 3.88. The number of rotatable bonds is 12. The molecule has 4 aromatic carbocycles. The van der Waals surface area contributed by atoms with E-state index in [-0.39, 0.29) is 29.6 Å². The molecular weight excluding hydrogens is 665 g/mol. The second-order valence-electron chi connectivity index (χ2n) is 11.3. The average Bonchev–Trinajstić information content (AvgIpc) is 3.00. The molecule has 7 nitrogen and oxygen atoms in total. The van der Waals surface area contributed by atoms with E-state index < -0.39 is 34.4 Å². The maximum atomic E-state index is 14.6. The van der Waals surface area contributed by atoms with Gasteiger partial charge in [-0.3, -0.25) is 13.9 Å². The molecule has 2 amide bonds. The molecule has 11 heteroatoms. The van der Waals surface area contributed by atoms with Gasteiger partial charge in [0.15, 0.2) is 0 Å². The normalized spacial score (nSPS) is 12.1. The second kappa shape index (κ2) is 15.4. The van der Waals surface area contributed by atoms with Crippen molar-refractivity contribution in [3.8, 4) is 0 Å². The van der Waals surface area contributed by atoms with Crippen molar-refractivity contribution < 1.29 is 18.0 Å². The van der Waals surface area contributed by atoms with Crippen LogP contribution in [0.2, 0.25) is 15.1 Å². The van der Waals surface area contributed by atoms with Crippen molar-refractivity contribution in [1.29, 1.82) is 0 Å². The molecule has 0 aromatic heterocycles. The third-order valence-electron chi connectivity index (χ3n) is 7.42. The Morgan fingerprint density at radius 3 is 2.02 bits per heavy atom. The quantitative estimate of drug-likeness (QED) is 0.165. The van der Waals surface area contributed by atoms with E-state index >= 15 is 0 Å². The van der Waals surface area contributed by atoms with E-state index in [1.165, 1.54) is 23.1 Å². The number of hydrogen-bond donors (Lipinski definition) is 1. The molecule has 4 aromatic rings. The van der Waals surface area contributed by atoms with Crippen molar-refractivity contribution in [2.24, 2.45) is 0 Å². The first-order chi connectivity index (χ1) is 21.8. The van der Waals surface area contributed by atoms with Gasteiger partial charge in [0.25, 0.3) is 10.0 Å². The van der Waals surface area contributed by atoms with E-state index in [0.29, 0.717) is 20.6 Å². The SMILES string of the molecule is Cc1ccc(S(=O)(=O)N(CC(=O)N(Cc2c(Cl)cccc2Cl)[C@H](Cc2ccccc2)C(=O)NC(C)C)c2ccc(C)c(Cl)c2)cc1. The van der Waals surface area contributed by atoms with Crippen LogP contribution in [0.1, 0.15) is 36.1 Å². The predicted octanol–water partition coefficient (Wildman–Crippen LogP) is 7.62. The van der Waals surface area contributed by atoms with Crippen LogP contribution in [-0.4, -0.2) is 43.8 Å². The molecule has 4 rings (SSSR count). The number of nitrogens with one attached hydrogen (secondary N) is 1. The zero-order valence-corrected chi connectivity index (χ0v) is 29.1. The van der Waals surface area contributed by atoms with Gasteiger partial charge < -0.3 is 10.2 Å². The van der Waals surface area contributed by atoms with E-state index in [1.807, 2.05) is 51.1 Å². The molecule has 1 atom stereocenters. The Balaban J connectivity index is 1.86. The van der Waals surface area contributed by atoms with Crippen LogP contribution >= 0.6 is 34.8 Å². The smallest absolute Gasteiger partial charge is 0.264 e. The number of carbonyl (C=O) groups excluding carboxylic acids is 2. The fourth-order valence-corrected chi connectivity index (χ4v) is 6.99. The monoisotopic (exact) mass is 699 g/mol. The van der Waals surface area contributed by atoms with Crippen LogP contribution in [0.4, 0.5) is 5.69 Å². The lowest BCUT2D eigenvalue weighted by molar-refractivity contribution is -0.140. The lowest BCUT2D eigenvalue weighted by Gasteiger charge is -2.34. The summed E-state index contributed by atoms with van der Waals surface area (Å²) in [7, 11) is -4.27. The third-order valence-corrected chi connectivity index (χ3v) is 10.3. The molecule has 0 spiro atoms. The zero-order chi connectivity index (χ0) is 33.6. The minimum absolute atomic E-state index is 0.00156. The predicted molar refractivity (Wildman–Crippen MR) is 186 cm³/mol. The van der Waals surface area contributed by atoms with Gasteiger partial charge in [0, 0.05) is 39.6 Å². The molecular formula is C35H36Cl3N3O4S. The molecule has 0 aliphatic rings. The first kappa shape index (κ1) is 35.3. The largest absolute Gasteiger partial charge is 0.352 e. The molecule has 0 saturated heterocycles. The fraction of sp³-hybridized carbons (Fsp3) is 0.257. The zero-order valence-electron chi connectivity index (χ0n) is 26.0. The summed E-state index contributed by atoms with van der Waals surface area (Å²) in [4.78, 5) is 29.8. The highest BCUT2D eigenvalue weighted by atomic mass is 35.5. The summed E-state index contributed by atoms with van der Waals surface area (Å²) in [5.74, 6) is -1.04. The van der Waals surface area contributed by atoms with E-state index in [1.54, 1.807) is 49.4 Å². The van der Waals surface area contributed by atoms with Gasteiger partial charge in [0.2, 0.25) is 11.8 Å². The van der Waals surface area contributed by atoms with Gasteiger partial charge in [-0.05, 0) is 75.2 Å². The van der Waals surface area contributed by atoms with Crippen LogP contribution in [0.5, 0.6) is 0 Å². The third kappa shape index (κ3) is 8.62. The first-order valence-corrected chi connectivity index (χ1v) is 17.3. The maximum absolute atomic E-state index is 14.6. The summed E-state index contributed by atoms with van der Waals surface area (Å²) in [5.41, 5.74) is 3.06. The highest BCUT2D eigenvalue weighted by molar-refractivity contribution is 7.92. The van der Waals surface area contributed by atoms with Gasteiger partial charge >= 0.3 is 0 Å². The number of sulfonamides is 1. The molecule has 0 radical (unpaired) electrons. The fourth-order valence-electron chi connectivity index (χ4n) is 4.89. The highest BCUT2D eigenvalue weighted by Crippen LogP contribution is 2.31. The molecule has 242 valence electrons. The van der Waals surface area contributed by atoms with Crippen molar-refractivity contribution in [2.45, 2.75) is 57.6 Å². The molecule has 46 heavy (non-hydrogen) atoms. The van der Waals surface area contributed by atoms with E-state index in [4.69, 9.17) is 34.8 Å². The van der Waals surface area contributed by atoms with Gasteiger partial charge in [0.1, 0.15) is 12.6 Å². The molecule has 0 aliphatic carbocycles. The minimum atomic E-state index is -4.27. The first-order valence-electron chi connectivity index (χ1n) is 14.7. The molecule has 0 heterocycles. The topological polar surface area (TPSA) is 86.8 Å². The summed E-state index contributed by atoms with van der Waals surface area (Å²) >= 11 is 19.6. The molecule has 1 N–H and O–H groups in total. The number of carbonyl (C=O) groups is 2. The number of nitrogens with zero attached hydrogens (tertiary/aromatic N) is 2. The number of halogens is 3. The Morgan fingerprint density at radius 2 is 1.43 bits per heavy atom. The molecule has 0 fully saturated rings. The summed E-state index contributed by atoms with van der Waals surface area (Å²) in [6.07, 6.45) is 0.161. The van der Waals surface area contributed by atoms with Crippen molar-refractivity contribution >= 4 is 62.3 Å². The van der Waals surface area contributed by atoms with Gasteiger partial charge in [-0.1, -0.05) is 95.0 Å². The Hall–Kier alpha value is -3.56. The number of hydrogen-bond acceptors (Lipinski definition) is 4. The number of anilines is 1. The standard InChI is InChI=1S/C35H36Cl3N3O4S/c1-23(2)39-35(43)33(19-26-9-6-5-7-10-26)40(21-29-30(36)11-8-12-31(29)37)34(42)22-41(27-16-15-25(4)32(38)20-27)46(44,45)28-17-13-24(3)14-18-28/h5-18,20,23,33H,19,21-22H2,1-4H3,(H,39,43)/t33-/m1/s1. The van der Waals surface area contributed by atoms with Gasteiger partial charge in [-0.2, -0.15) is 0 Å². The Bertz CT molecular complexity index is 1780. The van der Waals surface area contributed by atoms with Crippen LogP contribution in [0.25, 0.3) is 0 Å². The Labute approximate surface area is 286 Å². The maximum Gasteiger partial charge on any atom is 0.264 e. The van der Waals surface area contributed by atoms with Crippen LogP contribution in [-0.2, 0) is 32.6 Å². The van der Waals surface area contributed by atoms with Crippen molar-refractivity contribution in [3.63, 3.8) is 0 Å². The summed E-state index contributed by atoms with van der Waals surface area (Å²) < 4.78 is 29.4. The van der Waals surface area contributed by atoms with Gasteiger partial charge in [-0.25, -0.2) is 8.42 Å².